The number of aromatic amines is 1. The number of aryl methyl sites for hydroxylation is 1. The number of nitriles is 1. The maximum Gasteiger partial charge on any atom is 0.234 e. The lowest BCUT2D eigenvalue weighted by atomic mass is 9.70. The summed E-state index contributed by atoms with van der Waals surface area (Å²) in [5, 5.41) is 12.7. The smallest absolute Gasteiger partial charge is 0.234 e. The predicted octanol–water partition coefficient (Wildman–Crippen LogP) is 5.31. The maximum atomic E-state index is 14.0. The highest BCUT2D eigenvalue weighted by atomic mass is 16.2. The quantitative estimate of drug-likeness (QED) is 0.301. The van der Waals surface area contributed by atoms with E-state index in [9.17, 15) is 19.6 Å². The Labute approximate surface area is 263 Å². The van der Waals surface area contributed by atoms with E-state index in [1.54, 1.807) is 6.07 Å². The number of nitrogens with one attached hydrogen (secondary N) is 2. The summed E-state index contributed by atoms with van der Waals surface area (Å²) in [5.41, 5.74) is 8.99. The minimum absolute atomic E-state index is 0.0463. The number of ketones is 1. The molecule has 8 heteroatoms. The highest BCUT2D eigenvalue weighted by Gasteiger charge is 2.40. The molecule has 7 rings (SSSR count). The first-order valence-corrected chi connectivity index (χ1v) is 15.9. The van der Waals surface area contributed by atoms with Crippen LogP contribution in [0.15, 0.2) is 54.6 Å². The Morgan fingerprint density at radius 2 is 1.73 bits per heavy atom. The number of carbonyl (C=O) groups is 3. The maximum absolute atomic E-state index is 14.0. The fourth-order valence-corrected chi connectivity index (χ4v) is 7.43. The molecule has 228 valence electrons. The van der Waals surface area contributed by atoms with E-state index < -0.39 is 5.41 Å². The van der Waals surface area contributed by atoms with Gasteiger partial charge in [-0.3, -0.25) is 24.6 Å². The molecule has 45 heavy (non-hydrogen) atoms. The molecular formula is C37H37N5O3. The van der Waals surface area contributed by atoms with Gasteiger partial charge in [-0.05, 0) is 59.4 Å². The molecule has 1 aromatic heterocycles. The van der Waals surface area contributed by atoms with E-state index in [2.05, 4.69) is 71.2 Å². The highest BCUT2D eigenvalue weighted by molar-refractivity contribution is 6.20. The number of piperazine rings is 1. The molecular weight excluding hydrogens is 562 g/mol. The summed E-state index contributed by atoms with van der Waals surface area (Å²) in [4.78, 5) is 46.2. The molecule has 2 fully saturated rings. The number of benzene rings is 3. The van der Waals surface area contributed by atoms with E-state index >= 15 is 0 Å². The number of aromatic nitrogens is 1. The van der Waals surface area contributed by atoms with Crippen LogP contribution in [0.4, 0.5) is 5.69 Å². The first-order valence-electron chi connectivity index (χ1n) is 15.9. The van der Waals surface area contributed by atoms with Crippen LogP contribution in [-0.4, -0.2) is 53.7 Å². The second-order valence-electron chi connectivity index (χ2n) is 13.1. The molecule has 1 aliphatic carbocycles. The number of hydrogen-bond acceptors (Lipinski definition) is 6. The van der Waals surface area contributed by atoms with Crippen LogP contribution in [0.2, 0.25) is 0 Å². The Balaban J connectivity index is 1.09. The SMILES string of the molecule is CCc1cc2c(cc1N1CCN(Cc3ccc(C4CCC(=O)NC4=O)cc3)CC1)C(C)(C)c1[nH]c3cc(C#N)ccc3c1C2=O. The van der Waals surface area contributed by atoms with Gasteiger partial charge in [0.05, 0.1) is 23.1 Å². The van der Waals surface area contributed by atoms with Crippen LogP contribution in [-0.2, 0) is 28.0 Å². The molecule has 3 heterocycles. The van der Waals surface area contributed by atoms with E-state index in [-0.39, 0.29) is 23.5 Å². The number of piperidine rings is 1. The van der Waals surface area contributed by atoms with Crippen molar-refractivity contribution in [3.63, 3.8) is 0 Å². The molecule has 0 spiro atoms. The summed E-state index contributed by atoms with van der Waals surface area (Å²) in [6.45, 7) is 11.0. The van der Waals surface area contributed by atoms with Gasteiger partial charge in [0, 0.05) is 72.4 Å². The Kier molecular flexibility index (Phi) is 7.09. The van der Waals surface area contributed by atoms with Crippen LogP contribution in [0, 0.1) is 11.3 Å². The topological polar surface area (TPSA) is 109 Å². The molecule has 0 saturated carbocycles. The number of imide groups is 1. The van der Waals surface area contributed by atoms with Crippen LogP contribution >= 0.6 is 0 Å². The van der Waals surface area contributed by atoms with Gasteiger partial charge in [-0.25, -0.2) is 0 Å². The molecule has 1 unspecified atom stereocenters. The van der Waals surface area contributed by atoms with Crippen molar-refractivity contribution in [3.05, 3.63) is 99.2 Å². The van der Waals surface area contributed by atoms with E-state index in [1.165, 1.54) is 16.8 Å². The number of fused-ring (bicyclic) bond motifs is 4. The average molecular weight is 600 g/mol. The lowest BCUT2D eigenvalue weighted by Crippen LogP contribution is -2.46. The Morgan fingerprint density at radius 1 is 0.978 bits per heavy atom. The number of anilines is 1. The first-order chi connectivity index (χ1) is 21.7. The lowest BCUT2D eigenvalue weighted by Gasteiger charge is -2.39. The molecule has 0 bridgehead atoms. The molecule has 2 N–H and O–H groups in total. The summed E-state index contributed by atoms with van der Waals surface area (Å²) >= 11 is 0. The number of carbonyl (C=O) groups excluding carboxylic acids is 3. The normalized spacial score (nSPS) is 19.6. The molecule has 1 atom stereocenters. The molecule has 2 amide bonds. The Bertz CT molecular complexity index is 1900. The Morgan fingerprint density at radius 3 is 2.42 bits per heavy atom. The number of nitrogens with zero attached hydrogens (tertiary/aromatic N) is 3. The van der Waals surface area contributed by atoms with Crippen LogP contribution in [0.3, 0.4) is 0 Å². The van der Waals surface area contributed by atoms with Crippen LogP contribution in [0.1, 0.15) is 89.0 Å². The van der Waals surface area contributed by atoms with Crippen molar-refractivity contribution < 1.29 is 14.4 Å². The van der Waals surface area contributed by atoms with Gasteiger partial charge >= 0.3 is 0 Å². The van der Waals surface area contributed by atoms with Crippen molar-refractivity contribution >= 4 is 34.2 Å². The second-order valence-corrected chi connectivity index (χ2v) is 13.1. The van der Waals surface area contributed by atoms with Crippen molar-refractivity contribution in [1.82, 2.24) is 15.2 Å². The third kappa shape index (κ3) is 4.92. The van der Waals surface area contributed by atoms with Crippen molar-refractivity contribution in [2.24, 2.45) is 0 Å². The minimum Gasteiger partial charge on any atom is -0.369 e. The summed E-state index contributed by atoms with van der Waals surface area (Å²) in [6, 6.07) is 20.3. The van der Waals surface area contributed by atoms with Gasteiger partial charge in [-0.15, -0.1) is 0 Å². The molecule has 8 nitrogen and oxygen atoms in total. The van der Waals surface area contributed by atoms with Crippen LogP contribution < -0.4 is 10.2 Å². The van der Waals surface area contributed by atoms with Gasteiger partial charge in [-0.1, -0.05) is 51.1 Å². The van der Waals surface area contributed by atoms with Crippen LogP contribution in [0.5, 0.6) is 0 Å². The summed E-state index contributed by atoms with van der Waals surface area (Å²) in [7, 11) is 0. The monoisotopic (exact) mass is 599 g/mol. The van der Waals surface area contributed by atoms with Gasteiger partial charge in [0.2, 0.25) is 11.8 Å². The highest BCUT2D eigenvalue weighted by Crippen LogP contribution is 2.46. The average Bonchev–Trinajstić information content (AvgIpc) is 3.44. The van der Waals surface area contributed by atoms with Gasteiger partial charge in [-0.2, -0.15) is 5.26 Å². The standard InChI is InChI=1S/C37H37N5O3/c1-4-24-18-28-29(37(2,3)35-33(34(28)44)27-10-7-23(20-38)17-30(27)39-35)19-31(24)42-15-13-41(14-16-42)21-22-5-8-25(9-6-22)26-11-12-32(43)40-36(26)45/h5-10,17-19,26,39H,4,11-16,21H2,1-3H3,(H,40,43,45). The zero-order chi connectivity index (χ0) is 31.5. The van der Waals surface area contributed by atoms with Crippen molar-refractivity contribution in [2.75, 3.05) is 31.1 Å². The third-order valence-electron chi connectivity index (χ3n) is 10.0. The van der Waals surface area contributed by atoms with Gasteiger partial charge in [0.15, 0.2) is 5.78 Å². The van der Waals surface area contributed by atoms with E-state index in [4.69, 9.17) is 0 Å². The zero-order valence-electron chi connectivity index (χ0n) is 26.0. The predicted molar refractivity (Wildman–Crippen MR) is 173 cm³/mol. The summed E-state index contributed by atoms with van der Waals surface area (Å²) < 4.78 is 0. The van der Waals surface area contributed by atoms with E-state index in [0.717, 1.165) is 78.0 Å². The van der Waals surface area contributed by atoms with Gasteiger partial charge in [0.25, 0.3) is 0 Å². The molecule has 3 aliphatic rings. The number of amides is 2. The van der Waals surface area contributed by atoms with Crippen LogP contribution in [0.25, 0.3) is 10.9 Å². The summed E-state index contributed by atoms with van der Waals surface area (Å²) in [6.07, 6.45) is 1.78. The lowest BCUT2D eigenvalue weighted by molar-refractivity contribution is -0.134. The third-order valence-corrected chi connectivity index (χ3v) is 10.0. The minimum atomic E-state index is -0.409. The first kappa shape index (κ1) is 29.0. The largest absolute Gasteiger partial charge is 0.369 e. The number of hydrogen-bond donors (Lipinski definition) is 2. The van der Waals surface area contributed by atoms with Gasteiger partial charge in [0.1, 0.15) is 0 Å². The van der Waals surface area contributed by atoms with Crippen molar-refractivity contribution in [3.8, 4) is 6.07 Å². The molecule has 4 aromatic rings. The van der Waals surface area contributed by atoms with E-state index in [0.29, 0.717) is 18.4 Å². The number of rotatable bonds is 5. The molecule has 0 radical (unpaired) electrons. The second kappa shape index (κ2) is 11.0. The molecule has 3 aromatic carbocycles. The van der Waals surface area contributed by atoms with E-state index in [1.807, 2.05) is 24.3 Å². The molecule has 2 aliphatic heterocycles. The van der Waals surface area contributed by atoms with Gasteiger partial charge < -0.3 is 9.88 Å². The fourth-order valence-electron chi connectivity index (χ4n) is 7.43. The number of H-pyrrole nitrogens is 1. The van der Waals surface area contributed by atoms with Crippen molar-refractivity contribution in [2.45, 2.75) is 57.9 Å². The Hall–Kier alpha value is -4.74. The van der Waals surface area contributed by atoms with Crippen molar-refractivity contribution in [1.29, 1.82) is 5.26 Å². The zero-order valence-corrected chi connectivity index (χ0v) is 26.0. The molecule has 2 saturated heterocycles. The summed E-state index contributed by atoms with van der Waals surface area (Å²) in [5.74, 6) is -0.605. The fraction of sp³-hybridized carbons (Fsp3) is 0.351.